The fourth-order valence-corrected chi connectivity index (χ4v) is 2.29. The van der Waals surface area contributed by atoms with E-state index >= 15 is 0 Å². The molecule has 1 aromatic heterocycles. The number of nitrogens with zero attached hydrogens (tertiary/aromatic N) is 3. The zero-order valence-corrected chi connectivity index (χ0v) is 14.5. The predicted molar refractivity (Wildman–Crippen MR) is 85.9 cm³/mol. The van der Waals surface area contributed by atoms with Crippen LogP contribution in [0.3, 0.4) is 0 Å². The molecule has 27 heavy (non-hydrogen) atoms. The fourth-order valence-electron chi connectivity index (χ4n) is 2.29. The number of halogens is 6. The molecule has 0 radical (unpaired) electrons. The van der Waals surface area contributed by atoms with E-state index in [1.165, 1.54) is 6.08 Å². The summed E-state index contributed by atoms with van der Waals surface area (Å²) < 4.78 is 76.6. The quantitative estimate of drug-likeness (QED) is 0.658. The van der Waals surface area contributed by atoms with Crippen molar-refractivity contribution in [3.05, 3.63) is 11.9 Å². The van der Waals surface area contributed by atoms with Gasteiger partial charge in [-0.05, 0) is 44.8 Å². The molecule has 0 amide bonds. The second kappa shape index (κ2) is 7.87. The van der Waals surface area contributed by atoms with Crippen molar-refractivity contribution in [1.29, 1.82) is 0 Å². The molecule has 6 nitrogen and oxygen atoms in total. The van der Waals surface area contributed by atoms with E-state index in [9.17, 15) is 31.4 Å². The molecule has 0 aromatic carbocycles. The largest absolute Gasteiger partial charge is 0.408 e. The summed E-state index contributed by atoms with van der Waals surface area (Å²) in [4.78, 5) is 11.4. The zero-order valence-electron chi connectivity index (χ0n) is 14.5. The monoisotopic (exact) mass is 399 g/mol. The van der Waals surface area contributed by atoms with Gasteiger partial charge in [0.15, 0.2) is 5.82 Å². The summed E-state index contributed by atoms with van der Waals surface area (Å²) in [5, 5.41) is 13.8. The Labute approximate surface area is 151 Å². The lowest BCUT2D eigenvalue weighted by Gasteiger charge is -2.21. The molecule has 3 atom stereocenters. The Morgan fingerprint density at radius 3 is 1.85 bits per heavy atom. The molecule has 1 aliphatic rings. The van der Waals surface area contributed by atoms with Crippen LogP contribution < -0.4 is 10.6 Å². The van der Waals surface area contributed by atoms with Crippen molar-refractivity contribution in [3.8, 4) is 0 Å². The minimum Gasteiger partial charge on any atom is -0.389 e. The van der Waals surface area contributed by atoms with Gasteiger partial charge < -0.3 is 15.7 Å². The SMILES string of the molecule is C[C@@H](Nc1nc(N[C@H](C)C(F)(F)F)nc(C2=C[C@@H](O)CCC2)n1)C(F)(F)F. The van der Waals surface area contributed by atoms with E-state index in [-0.39, 0.29) is 5.82 Å². The van der Waals surface area contributed by atoms with Crippen LogP contribution in [0.15, 0.2) is 6.08 Å². The molecular formula is C15H19F6N5O. The number of aromatic nitrogens is 3. The predicted octanol–water partition coefficient (Wildman–Crippen LogP) is 3.53. The Morgan fingerprint density at radius 1 is 0.963 bits per heavy atom. The highest BCUT2D eigenvalue weighted by atomic mass is 19.4. The molecule has 1 aliphatic carbocycles. The number of anilines is 2. The van der Waals surface area contributed by atoms with Gasteiger partial charge in [0.2, 0.25) is 11.9 Å². The third-order valence-electron chi connectivity index (χ3n) is 3.94. The Bertz CT molecular complexity index is 650. The molecule has 0 saturated carbocycles. The molecule has 0 fully saturated rings. The van der Waals surface area contributed by atoms with E-state index in [1.54, 1.807) is 0 Å². The van der Waals surface area contributed by atoms with Crippen molar-refractivity contribution in [2.75, 3.05) is 10.6 Å². The first kappa shape index (κ1) is 21.2. The molecular weight excluding hydrogens is 380 g/mol. The minimum absolute atomic E-state index is 0.0856. The van der Waals surface area contributed by atoms with Crippen LogP contribution in [0.5, 0.6) is 0 Å². The van der Waals surface area contributed by atoms with Crippen molar-refractivity contribution in [2.45, 2.75) is 63.7 Å². The molecule has 152 valence electrons. The molecule has 0 spiro atoms. The third kappa shape index (κ3) is 5.94. The van der Waals surface area contributed by atoms with Gasteiger partial charge in [-0.2, -0.15) is 41.3 Å². The summed E-state index contributed by atoms with van der Waals surface area (Å²) >= 11 is 0. The van der Waals surface area contributed by atoms with Crippen LogP contribution in [0.25, 0.3) is 5.57 Å². The van der Waals surface area contributed by atoms with E-state index in [2.05, 4.69) is 15.0 Å². The summed E-state index contributed by atoms with van der Waals surface area (Å²) in [6.45, 7) is 1.66. The number of aliphatic hydroxyl groups excluding tert-OH is 1. The standard InChI is InChI=1S/C15H19F6N5O/c1-7(14(16,17)18)22-12-24-11(9-4-3-5-10(27)6-9)25-13(26-12)23-8(2)15(19,20)21/h6-8,10,27H,3-5H2,1-2H3,(H2,22,23,24,25,26)/t7-,8-,10+/m1/s1. The lowest BCUT2D eigenvalue weighted by atomic mass is 9.97. The summed E-state index contributed by atoms with van der Waals surface area (Å²) in [6.07, 6.45) is -7.01. The second-order valence-electron chi connectivity index (χ2n) is 6.27. The normalized spacial score (nSPS) is 20.6. The molecule has 12 heteroatoms. The number of alkyl halides is 6. The van der Waals surface area contributed by atoms with Crippen molar-refractivity contribution >= 4 is 17.5 Å². The zero-order chi connectivity index (χ0) is 20.4. The smallest absolute Gasteiger partial charge is 0.389 e. The highest BCUT2D eigenvalue weighted by Gasteiger charge is 2.38. The summed E-state index contributed by atoms with van der Waals surface area (Å²) in [7, 11) is 0. The Balaban J connectivity index is 2.38. The Morgan fingerprint density at radius 2 is 1.44 bits per heavy atom. The summed E-state index contributed by atoms with van der Waals surface area (Å²) in [5.41, 5.74) is 0.432. The summed E-state index contributed by atoms with van der Waals surface area (Å²) in [5.74, 6) is -1.11. The van der Waals surface area contributed by atoms with Gasteiger partial charge in [-0.25, -0.2) is 0 Å². The van der Waals surface area contributed by atoms with Crippen molar-refractivity contribution < 1.29 is 31.4 Å². The first-order valence-electron chi connectivity index (χ1n) is 8.18. The van der Waals surface area contributed by atoms with Crippen LogP contribution in [0.4, 0.5) is 38.2 Å². The van der Waals surface area contributed by atoms with Gasteiger partial charge in [0, 0.05) is 0 Å². The molecule has 0 unspecified atom stereocenters. The molecule has 0 bridgehead atoms. The van der Waals surface area contributed by atoms with Crippen LogP contribution >= 0.6 is 0 Å². The second-order valence-corrected chi connectivity index (χ2v) is 6.27. The Hall–Kier alpha value is -2.11. The number of hydrogen-bond acceptors (Lipinski definition) is 6. The maximum atomic E-state index is 12.8. The van der Waals surface area contributed by atoms with Gasteiger partial charge in [-0.3, -0.25) is 0 Å². The Kier molecular flexibility index (Phi) is 6.17. The number of hydrogen-bond donors (Lipinski definition) is 3. The summed E-state index contributed by atoms with van der Waals surface area (Å²) in [6, 6.07) is -4.04. The number of allylic oxidation sites excluding steroid dienone is 1. The number of nitrogens with one attached hydrogen (secondary N) is 2. The van der Waals surface area contributed by atoms with Crippen LogP contribution in [0.1, 0.15) is 38.9 Å². The minimum atomic E-state index is -4.60. The van der Waals surface area contributed by atoms with E-state index in [0.717, 1.165) is 13.8 Å². The maximum Gasteiger partial charge on any atom is 0.408 e. The van der Waals surface area contributed by atoms with E-state index < -0.39 is 42.4 Å². The average Bonchev–Trinajstić information content (AvgIpc) is 2.52. The van der Waals surface area contributed by atoms with Gasteiger partial charge in [0.1, 0.15) is 12.1 Å². The molecule has 2 rings (SSSR count). The molecule has 1 heterocycles. The lowest BCUT2D eigenvalue weighted by Crippen LogP contribution is -2.35. The van der Waals surface area contributed by atoms with Gasteiger partial charge in [0.25, 0.3) is 0 Å². The van der Waals surface area contributed by atoms with E-state index in [0.29, 0.717) is 24.8 Å². The maximum absolute atomic E-state index is 12.8. The number of rotatable bonds is 5. The highest BCUT2D eigenvalue weighted by molar-refractivity contribution is 5.63. The van der Waals surface area contributed by atoms with Crippen molar-refractivity contribution in [1.82, 2.24) is 15.0 Å². The van der Waals surface area contributed by atoms with Crippen LogP contribution in [0.2, 0.25) is 0 Å². The lowest BCUT2D eigenvalue weighted by molar-refractivity contribution is -0.139. The van der Waals surface area contributed by atoms with Crippen molar-refractivity contribution in [3.63, 3.8) is 0 Å². The van der Waals surface area contributed by atoms with Crippen LogP contribution in [-0.4, -0.2) is 50.6 Å². The van der Waals surface area contributed by atoms with Gasteiger partial charge in [0.05, 0.1) is 6.10 Å². The van der Waals surface area contributed by atoms with Gasteiger partial charge >= 0.3 is 12.4 Å². The van der Waals surface area contributed by atoms with Gasteiger partial charge in [-0.1, -0.05) is 0 Å². The van der Waals surface area contributed by atoms with Crippen molar-refractivity contribution in [2.24, 2.45) is 0 Å². The average molecular weight is 399 g/mol. The molecule has 0 saturated heterocycles. The number of aliphatic hydroxyl groups is 1. The highest BCUT2D eigenvalue weighted by Crippen LogP contribution is 2.28. The molecule has 0 aliphatic heterocycles. The van der Waals surface area contributed by atoms with Crippen LogP contribution in [-0.2, 0) is 0 Å². The van der Waals surface area contributed by atoms with Crippen LogP contribution in [0, 0.1) is 0 Å². The first-order chi connectivity index (χ1) is 12.4. The first-order valence-corrected chi connectivity index (χ1v) is 8.18. The topological polar surface area (TPSA) is 83.0 Å². The molecule has 3 N–H and O–H groups in total. The third-order valence-corrected chi connectivity index (χ3v) is 3.94. The fraction of sp³-hybridized carbons (Fsp3) is 0.667. The molecule has 1 aromatic rings. The van der Waals surface area contributed by atoms with Gasteiger partial charge in [-0.15, -0.1) is 0 Å². The van der Waals surface area contributed by atoms with E-state index in [1.807, 2.05) is 10.6 Å². The van der Waals surface area contributed by atoms with E-state index in [4.69, 9.17) is 0 Å².